The van der Waals surface area contributed by atoms with Crippen molar-refractivity contribution in [3.8, 4) is 0 Å². The molecule has 1 aliphatic rings. The molecule has 162 valence electrons. The Balaban J connectivity index is 1.85. The Bertz CT molecular complexity index is 1080. The number of rotatable bonds is 6. The lowest BCUT2D eigenvalue weighted by molar-refractivity contribution is -0.119. The highest BCUT2D eigenvalue weighted by molar-refractivity contribution is 7.89. The van der Waals surface area contributed by atoms with Gasteiger partial charge in [0, 0.05) is 25.9 Å². The molecule has 0 aliphatic carbocycles. The van der Waals surface area contributed by atoms with Crippen molar-refractivity contribution in [2.24, 2.45) is 7.05 Å². The molecule has 2 heterocycles. The molecule has 3 rings (SSSR count). The Hall–Kier alpha value is -2.79. The van der Waals surface area contributed by atoms with Gasteiger partial charge in [-0.1, -0.05) is 0 Å². The number of sulfonamides is 1. The molecule has 8 nitrogen and oxygen atoms in total. The highest BCUT2D eigenvalue weighted by atomic mass is 32.2. The number of benzene rings is 1. The van der Waals surface area contributed by atoms with Gasteiger partial charge in [0.25, 0.3) is 0 Å². The summed E-state index contributed by atoms with van der Waals surface area (Å²) in [5.41, 5.74) is -0.314. The van der Waals surface area contributed by atoms with Crippen LogP contribution >= 0.6 is 0 Å². The van der Waals surface area contributed by atoms with Crippen molar-refractivity contribution in [1.82, 2.24) is 8.87 Å². The second-order valence-corrected chi connectivity index (χ2v) is 8.67. The number of hydrogen-bond donors (Lipinski definition) is 1. The quantitative estimate of drug-likeness (QED) is 0.694. The standard InChI is InChI=1S/C19H21F2N3O5S/c1-3-29-19(26)17-10-13(11-23(17)2)30(27,28)24-8-4-5-16(24)18(25)22-15-9-12(20)6-7-14(15)21/h6-7,9-11,16H,3-5,8H2,1-2H3,(H,22,25)/t16-/m1/s1. The van der Waals surface area contributed by atoms with Gasteiger partial charge < -0.3 is 14.6 Å². The van der Waals surface area contributed by atoms with Crippen LogP contribution in [-0.2, 0) is 26.6 Å². The maximum absolute atomic E-state index is 13.8. The van der Waals surface area contributed by atoms with E-state index in [4.69, 9.17) is 4.74 Å². The van der Waals surface area contributed by atoms with Gasteiger partial charge in [0.15, 0.2) is 0 Å². The number of ether oxygens (including phenoxy) is 1. The smallest absolute Gasteiger partial charge is 0.354 e. The summed E-state index contributed by atoms with van der Waals surface area (Å²) in [6.07, 6.45) is 1.90. The minimum Gasteiger partial charge on any atom is -0.461 e. The van der Waals surface area contributed by atoms with Crippen molar-refractivity contribution in [3.63, 3.8) is 0 Å². The van der Waals surface area contributed by atoms with E-state index in [0.717, 1.165) is 22.5 Å². The zero-order valence-electron chi connectivity index (χ0n) is 16.4. The summed E-state index contributed by atoms with van der Waals surface area (Å²) in [6.45, 7) is 1.85. The largest absolute Gasteiger partial charge is 0.461 e. The van der Waals surface area contributed by atoms with Crippen molar-refractivity contribution in [2.75, 3.05) is 18.5 Å². The second-order valence-electron chi connectivity index (χ2n) is 6.78. The van der Waals surface area contributed by atoms with Crippen molar-refractivity contribution in [2.45, 2.75) is 30.7 Å². The number of aryl methyl sites for hydroxylation is 1. The highest BCUT2D eigenvalue weighted by Gasteiger charge is 2.40. The fraction of sp³-hybridized carbons (Fsp3) is 0.368. The third-order valence-corrected chi connectivity index (χ3v) is 6.64. The Labute approximate surface area is 172 Å². The van der Waals surface area contributed by atoms with E-state index in [0.29, 0.717) is 6.42 Å². The van der Waals surface area contributed by atoms with E-state index in [2.05, 4.69) is 5.32 Å². The predicted molar refractivity (Wildman–Crippen MR) is 103 cm³/mol. The number of carbonyl (C=O) groups is 2. The molecule has 30 heavy (non-hydrogen) atoms. The van der Waals surface area contributed by atoms with Crippen molar-refractivity contribution in [3.05, 3.63) is 47.8 Å². The number of amides is 1. The molecule has 1 N–H and O–H groups in total. The third-order valence-electron chi connectivity index (χ3n) is 4.76. The molecule has 0 radical (unpaired) electrons. The molecule has 11 heteroatoms. The van der Waals surface area contributed by atoms with Crippen LogP contribution in [0, 0.1) is 11.6 Å². The first-order chi connectivity index (χ1) is 14.1. The molecule has 0 bridgehead atoms. The van der Waals surface area contributed by atoms with Gasteiger partial charge >= 0.3 is 5.97 Å². The molecule has 1 aromatic heterocycles. The van der Waals surface area contributed by atoms with Gasteiger partial charge in [-0.2, -0.15) is 4.31 Å². The van der Waals surface area contributed by atoms with Crippen LogP contribution in [0.1, 0.15) is 30.3 Å². The van der Waals surface area contributed by atoms with Crippen LogP contribution in [0.3, 0.4) is 0 Å². The lowest BCUT2D eigenvalue weighted by atomic mass is 10.2. The number of aromatic nitrogens is 1. The number of carbonyl (C=O) groups excluding carboxylic acids is 2. The van der Waals surface area contributed by atoms with Gasteiger partial charge in [0.1, 0.15) is 28.3 Å². The summed E-state index contributed by atoms with van der Waals surface area (Å²) in [6, 6.07) is 2.70. The topological polar surface area (TPSA) is 97.7 Å². The first-order valence-electron chi connectivity index (χ1n) is 9.26. The van der Waals surface area contributed by atoms with Crippen LogP contribution < -0.4 is 5.32 Å². The highest BCUT2D eigenvalue weighted by Crippen LogP contribution is 2.28. The number of esters is 1. The summed E-state index contributed by atoms with van der Waals surface area (Å²) in [4.78, 5) is 24.5. The van der Waals surface area contributed by atoms with E-state index in [1.807, 2.05) is 0 Å². The first kappa shape index (κ1) is 21.9. The maximum Gasteiger partial charge on any atom is 0.354 e. The van der Waals surface area contributed by atoms with E-state index in [1.54, 1.807) is 6.92 Å². The molecule has 0 saturated carbocycles. The van der Waals surface area contributed by atoms with Crippen LogP contribution in [0.2, 0.25) is 0 Å². The van der Waals surface area contributed by atoms with Gasteiger partial charge in [-0.15, -0.1) is 0 Å². The normalized spacial score (nSPS) is 17.1. The Morgan fingerprint density at radius 3 is 2.70 bits per heavy atom. The summed E-state index contributed by atoms with van der Waals surface area (Å²) in [5.74, 6) is -3.00. The minimum atomic E-state index is -4.12. The monoisotopic (exact) mass is 441 g/mol. The van der Waals surface area contributed by atoms with E-state index in [9.17, 15) is 26.8 Å². The first-order valence-corrected chi connectivity index (χ1v) is 10.7. The van der Waals surface area contributed by atoms with Crippen LogP contribution in [-0.4, -0.2) is 48.4 Å². The Morgan fingerprint density at radius 2 is 2.00 bits per heavy atom. The predicted octanol–water partition coefficient (Wildman–Crippen LogP) is 2.27. The fourth-order valence-electron chi connectivity index (χ4n) is 3.32. The molecule has 2 aromatic rings. The average molecular weight is 441 g/mol. The second kappa shape index (κ2) is 8.52. The third kappa shape index (κ3) is 4.21. The molecule has 1 fully saturated rings. The molecular formula is C19H21F2N3O5S. The van der Waals surface area contributed by atoms with Gasteiger partial charge in [0.2, 0.25) is 15.9 Å². The fourth-order valence-corrected chi connectivity index (χ4v) is 5.05. The summed E-state index contributed by atoms with van der Waals surface area (Å²) in [7, 11) is -2.61. The lowest BCUT2D eigenvalue weighted by Gasteiger charge is -2.23. The van der Waals surface area contributed by atoms with Crippen LogP contribution in [0.15, 0.2) is 35.4 Å². The molecule has 0 unspecified atom stereocenters. The number of anilines is 1. The summed E-state index contributed by atoms with van der Waals surface area (Å²) >= 11 is 0. The van der Waals surface area contributed by atoms with Gasteiger partial charge in [0.05, 0.1) is 12.3 Å². The van der Waals surface area contributed by atoms with Crippen molar-refractivity contribution < 1.29 is 31.5 Å². The molecule has 1 saturated heterocycles. The van der Waals surface area contributed by atoms with Crippen molar-refractivity contribution in [1.29, 1.82) is 0 Å². The zero-order valence-corrected chi connectivity index (χ0v) is 17.2. The minimum absolute atomic E-state index is 0.0532. The average Bonchev–Trinajstić information content (AvgIpc) is 3.32. The number of nitrogens with one attached hydrogen (secondary N) is 1. The molecule has 1 aromatic carbocycles. The summed E-state index contributed by atoms with van der Waals surface area (Å²) in [5, 5.41) is 2.26. The van der Waals surface area contributed by atoms with Crippen LogP contribution in [0.4, 0.5) is 14.5 Å². The van der Waals surface area contributed by atoms with E-state index >= 15 is 0 Å². The summed E-state index contributed by atoms with van der Waals surface area (Å²) < 4.78 is 60.7. The van der Waals surface area contributed by atoms with Gasteiger partial charge in [-0.25, -0.2) is 22.0 Å². The molecular weight excluding hydrogens is 420 g/mol. The SMILES string of the molecule is CCOC(=O)c1cc(S(=O)(=O)N2CCC[C@@H]2C(=O)Nc2cc(F)ccc2F)cn1C. The number of halogens is 2. The zero-order chi connectivity index (χ0) is 22.1. The van der Waals surface area contributed by atoms with Crippen molar-refractivity contribution >= 4 is 27.6 Å². The maximum atomic E-state index is 13.8. The molecule has 1 aliphatic heterocycles. The lowest BCUT2D eigenvalue weighted by Crippen LogP contribution is -2.43. The number of hydrogen-bond acceptors (Lipinski definition) is 5. The molecule has 0 spiro atoms. The van der Waals surface area contributed by atoms with Gasteiger partial charge in [-0.3, -0.25) is 4.79 Å². The van der Waals surface area contributed by atoms with E-state index < -0.39 is 39.6 Å². The van der Waals surface area contributed by atoms with Gasteiger partial charge in [-0.05, 0) is 38.0 Å². The molecule has 1 atom stereocenters. The van der Waals surface area contributed by atoms with E-state index in [-0.39, 0.29) is 35.8 Å². The number of nitrogens with zero attached hydrogens (tertiary/aromatic N) is 2. The van der Waals surface area contributed by atoms with E-state index in [1.165, 1.54) is 23.9 Å². The van der Waals surface area contributed by atoms with Crippen LogP contribution in [0.25, 0.3) is 0 Å². The Morgan fingerprint density at radius 1 is 1.27 bits per heavy atom. The molecule has 1 amide bonds. The van der Waals surface area contributed by atoms with Crippen LogP contribution in [0.5, 0.6) is 0 Å². The Kier molecular flexibility index (Phi) is 6.22.